The van der Waals surface area contributed by atoms with Gasteiger partial charge in [-0.15, -0.1) is 0 Å². The maximum atomic E-state index is 15.4. The quantitative estimate of drug-likeness (QED) is 0.836. The number of alkyl halides is 1. The fraction of sp³-hybridized carbons (Fsp3) is 0.526. The first-order valence-electron chi connectivity index (χ1n) is 8.49. The van der Waals surface area contributed by atoms with Gasteiger partial charge in [-0.05, 0) is 48.9 Å². The number of halogens is 1. The van der Waals surface area contributed by atoms with Crippen molar-refractivity contribution in [3.8, 4) is 0 Å². The van der Waals surface area contributed by atoms with E-state index >= 15 is 4.39 Å². The topological polar surface area (TPSA) is 16.1 Å². The summed E-state index contributed by atoms with van der Waals surface area (Å²) in [6.07, 6.45) is 4.32. The standard InChI is InChI=1S/C19H23FN2/c1-2-13-12-22-10-8-14(13)11-18(22)19(20)16-7-9-21-17-6-4-3-5-15(16)17/h3-7,9,13-14,18-19H,2,8,10-12H2,1H3. The molecule has 3 aliphatic heterocycles. The van der Waals surface area contributed by atoms with Gasteiger partial charge in [-0.3, -0.25) is 9.88 Å². The SMILES string of the molecule is CCC1CN2CCC1CC2C(F)c1ccnc2ccccc12. The Kier molecular flexibility index (Phi) is 3.61. The lowest BCUT2D eigenvalue weighted by atomic mass is 9.73. The van der Waals surface area contributed by atoms with E-state index in [1.165, 1.54) is 12.8 Å². The molecule has 0 aliphatic carbocycles. The molecular formula is C19H23FN2. The van der Waals surface area contributed by atoms with E-state index in [0.717, 1.165) is 41.9 Å². The van der Waals surface area contributed by atoms with E-state index in [9.17, 15) is 0 Å². The molecule has 0 N–H and O–H groups in total. The maximum Gasteiger partial charge on any atom is 0.141 e. The number of piperidine rings is 3. The minimum Gasteiger partial charge on any atom is -0.297 e. The third-order valence-corrected chi connectivity index (χ3v) is 5.78. The van der Waals surface area contributed by atoms with Crippen LogP contribution in [-0.2, 0) is 0 Å². The van der Waals surface area contributed by atoms with Gasteiger partial charge in [0.2, 0.25) is 0 Å². The minimum absolute atomic E-state index is 0.0485. The molecule has 3 fully saturated rings. The van der Waals surface area contributed by atoms with E-state index in [2.05, 4.69) is 16.8 Å². The van der Waals surface area contributed by atoms with Gasteiger partial charge in [0.05, 0.1) is 5.52 Å². The van der Waals surface area contributed by atoms with E-state index < -0.39 is 6.17 Å². The molecule has 5 rings (SSSR count). The van der Waals surface area contributed by atoms with Gasteiger partial charge < -0.3 is 0 Å². The van der Waals surface area contributed by atoms with Gasteiger partial charge >= 0.3 is 0 Å². The average molecular weight is 298 g/mol. The van der Waals surface area contributed by atoms with Gasteiger partial charge in [0.1, 0.15) is 6.17 Å². The number of aromatic nitrogens is 1. The Hall–Kier alpha value is -1.48. The molecule has 2 bridgehead atoms. The number of nitrogens with zero attached hydrogens (tertiary/aromatic N) is 2. The highest BCUT2D eigenvalue weighted by molar-refractivity contribution is 5.82. The summed E-state index contributed by atoms with van der Waals surface area (Å²) in [5, 5.41) is 0.965. The summed E-state index contributed by atoms with van der Waals surface area (Å²) < 4.78 is 15.4. The number of benzene rings is 1. The summed E-state index contributed by atoms with van der Waals surface area (Å²) in [5.41, 5.74) is 1.71. The highest BCUT2D eigenvalue weighted by Crippen LogP contribution is 2.43. The summed E-state index contributed by atoms with van der Waals surface area (Å²) in [6.45, 7) is 4.41. The van der Waals surface area contributed by atoms with Crippen LogP contribution in [0.1, 0.15) is 37.9 Å². The molecule has 0 spiro atoms. The zero-order valence-corrected chi connectivity index (χ0v) is 13.1. The summed E-state index contributed by atoms with van der Waals surface area (Å²) in [4.78, 5) is 6.76. The highest BCUT2D eigenvalue weighted by Gasteiger charge is 2.43. The minimum atomic E-state index is -0.909. The van der Waals surface area contributed by atoms with Crippen LogP contribution in [0.3, 0.4) is 0 Å². The Morgan fingerprint density at radius 3 is 2.95 bits per heavy atom. The fourth-order valence-electron chi connectivity index (χ4n) is 4.51. The Labute approximate surface area is 131 Å². The lowest BCUT2D eigenvalue weighted by Gasteiger charge is -2.50. The molecule has 0 amide bonds. The Bertz CT molecular complexity index is 666. The number of para-hydroxylation sites is 1. The average Bonchev–Trinajstić information content (AvgIpc) is 2.60. The molecule has 1 aromatic carbocycles. The molecule has 0 radical (unpaired) electrons. The van der Waals surface area contributed by atoms with Gasteiger partial charge in [-0.1, -0.05) is 31.5 Å². The molecule has 2 aromatic rings. The lowest BCUT2D eigenvalue weighted by molar-refractivity contribution is -0.0332. The predicted octanol–water partition coefficient (Wildman–Crippen LogP) is 4.37. The van der Waals surface area contributed by atoms with Crippen LogP contribution in [0, 0.1) is 11.8 Å². The summed E-state index contributed by atoms with van der Waals surface area (Å²) >= 11 is 0. The van der Waals surface area contributed by atoms with Crippen LogP contribution in [0.2, 0.25) is 0 Å². The monoisotopic (exact) mass is 298 g/mol. The van der Waals surface area contributed by atoms with Crippen molar-refractivity contribution in [2.45, 2.75) is 38.4 Å². The van der Waals surface area contributed by atoms with Gasteiger partial charge in [0, 0.05) is 24.2 Å². The normalized spacial score (nSPS) is 32.3. The van der Waals surface area contributed by atoms with E-state index in [1.54, 1.807) is 6.20 Å². The fourth-order valence-corrected chi connectivity index (χ4v) is 4.51. The first-order chi connectivity index (χ1) is 10.8. The van der Waals surface area contributed by atoms with E-state index in [4.69, 9.17) is 0 Å². The number of hydrogen-bond donors (Lipinski definition) is 0. The molecule has 3 saturated heterocycles. The summed E-state index contributed by atoms with van der Waals surface area (Å²) in [5.74, 6) is 1.48. The lowest BCUT2D eigenvalue weighted by Crippen LogP contribution is -2.54. The van der Waals surface area contributed by atoms with Crippen molar-refractivity contribution in [1.82, 2.24) is 9.88 Å². The van der Waals surface area contributed by atoms with Crippen molar-refractivity contribution in [3.05, 3.63) is 42.1 Å². The highest BCUT2D eigenvalue weighted by atomic mass is 19.1. The van der Waals surface area contributed by atoms with Crippen molar-refractivity contribution in [2.24, 2.45) is 11.8 Å². The van der Waals surface area contributed by atoms with Crippen LogP contribution in [0.25, 0.3) is 10.9 Å². The van der Waals surface area contributed by atoms with Crippen LogP contribution >= 0.6 is 0 Å². The number of pyridine rings is 1. The smallest absolute Gasteiger partial charge is 0.141 e. The molecule has 4 heterocycles. The van der Waals surface area contributed by atoms with Crippen LogP contribution in [0.15, 0.2) is 36.5 Å². The molecular weight excluding hydrogens is 275 g/mol. The van der Waals surface area contributed by atoms with Gasteiger partial charge in [-0.2, -0.15) is 0 Å². The molecule has 3 heteroatoms. The van der Waals surface area contributed by atoms with Crippen molar-refractivity contribution >= 4 is 10.9 Å². The maximum absolute atomic E-state index is 15.4. The van der Waals surface area contributed by atoms with Crippen molar-refractivity contribution in [3.63, 3.8) is 0 Å². The molecule has 5 atom stereocenters. The van der Waals surface area contributed by atoms with Crippen molar-refractivity contribution in [2.75, 3.05) is 13.1 Å². The van der Waals surface area contributed by atoms with Crippen molar-refractivity contribution in [1.29, 1.82) is 0 Å². The van der Waals surface area contributed by atoms with Gasteiger partial charge in [-0.25, -0.2) is 4.39 Å². The first-order valence-corrected chi connectivity index (χ1v) is 8.49. The molecule has 5 unspecified atom stereocenters. The Morgan fingerprint density at radius 2 is 2.18 bits per heavy atom. The largest absolute Gasteiger partial charge is 0.297 e. The second-order valence-corrected chi connectivity index (χ2v) is 6.83. The molecule has 116 valence electrons. The van der Waals surface area contributed by atoms with E-state index in [0.29, 0.717) is 5.92 Å². The molecule has 0 saturated carbocycles. The molecule has 1 aromatic heterocycles. The predicted molar refractivity (Wildman–Crippen MR) is 87.5 cm³/mol. The zero-order valence-electron chi connectivity index (χ0n) is 13.1. The van der Waals surface area contributed by atoms with Crippen LogP contribution in [0.4, 0.5) is 4.39 Å². The zero-order chi connectivity index (χ0) is 15.1. The van der Waals surface area contributed by atoms with Crippen LogP contribution < -0.4 is 0 Å². The van der Waals surface area contributed by atoms with Crippen LogP contribution in [-0.4, -0.2) is 29.0 Å². The van der Waals surface area contributed by atoms with Gasteiger partial charge in [0.15, 0.2) is 0 Å². The Balaban J connectivity index is 1.66. The first kappa shape index (κ1) is 14.1. The van der Waals surface area contributed by atoms with Crippen molar-refractivity contribution < 1.29 is 4.39 Å². The number of fused-ring (bicyclic) bond motifs is 4. The second-order valence-electron chi connectivity index (χ2n) is 6.83. The molecule has 22 heavy (non-hydrogen) atoms. The third-order valence-electron chi connectivity index (χ3n) is 5.78. The van der Waals surface area contributed by atoms with E-state index in [-0.39, 0.29) is 6.04 Å². The molecule has 3 aliphatic rings. The summed E-state index contributed by atoms with van der Waals surface area (Å²) in [6, 6.07) is 9.81. The van der Waals surface area contributed by atoms with Gasteiger partial charge in [0.25, 0.3) is 0 Å². The number of rotatable bonds is 3. The molecule has 2 nitrogen and oxygen atoms in total. The van der Waals surface area contributed by atoms with E-state index in [1.807, 2.05) is 30.3 Å². The summed E-state index contributed by atoms with van der Waals surface area (Å²) in [7, 11) is 0. The van der Waals surface area contributed by atoms with Crippen LogP contribution in [0.5, 0.6) is 0 Å². The number of hydrogen-bond acceptors (Lipinski definition) is 2. The second kappa shape index (κ2) is 5.62. The third kappa shape index (κ3) is 2.23. The Morgan fingerprint density at radius 1 is 1.32 bits per heavy atom.